The fourth-order valence-corrected chi connectivity index (χ4v) is 12.3. The van der Waals surface area contributed by atoms with Gasteiger partial charge in [-0.2, -0.15) is 0 Å². The van der Waals surface area contributed by atoms with Crippen LogP contribution in [0.1, 0.15) is 54.4 Å². The van der Waals surface area contributed by atoms with Gasteiger partial charge >= 0.3 is 137 Å². The minimum Gasteiger partial charge on any atom is -1.00 e. The molecule has 0 saturated carbocycles. The first-order chi connectivity index (χ1) is 15.6. The van der Waals surface area contributed by atoms with E-state index >= 15 is 0 Å². The van der Waals surface area contributed by atoms with Gasteiger partial charge in [0.2, 0.25) is 0 Å². The Labute approximate surface area is 244 Å². The van der Waals surface area contributed by atoms with Gasteiger partial charge in [0.15, 0.2) is 0 Å². The van der Waals surface area contributed by atoms with Crippen molar-refractivity contribution < 1.29 is 49.5 Å². The number of rotatable bonds is 2. The molecule has 1 saturated heterocycles. The third kappa shape index (κ3) is 4.98. The largest absolute Gasteiger partial charge is 1.00 e. The van der Waals surface area contributed by atoms with Gasteiger partial charge in [-0.3, -0.25) is 0 Å². The van der Waals surface area contributed by atoms with Crippen molar-refractivity contribution in [2.24, 2.45) is 5.92 Å². The van der Waals surface area contributed by atoms with Crippen molar-refractivity contribution in [2.45, 2.75) is 56.3 Å². The van der Waals surface area contributed by atoms with Gasteiger partial charge in [0.1, 0.15) is 8.07 Å². The summed E-state index contributed by atoms with van der Waals surface area (Å²) in [4.78, 5) is 3.32. The van der Waals surface area contributed by atoms with Crippen LogP contribution in [0.4, 0.5) is 0 Å². The monoisotopic (exact) mass is 613 g/mol. The van der Waals surface area contributed by atoms with Crippen LogP contribution in [0.5, 0.6) is 0 Å². The molecule has 4 aliphatic rings. The zero-order valence-electron chi connectivity index (χ0n) is 21.4. The average molecular weight is 616 g/mol. The maximum atomic E-state index is 2.50. The second-order valence-electron chi connectivity index (χ2n) is 11.0. The molecule has 2 atom stereocenters. The number of benzene rings is 2. The number of fused-ring (bicyclic) bond motifs is 1. The SMILES string of the molecule is CC(C)(C)c1ccc(-c2cccc3c2C=C[CH]3[Zr+2])cc1.CCC1=C2C3C(=CC=C3[Si]2(C)C)S1.[Cl-].[Cl-]. The normalized spacial score (nSPS) is 22.1. The van der Waals surface area contributed by atoms with E-state index in [1.807, 2.05) is 5.20 Å². The van der Waals surface area contributed by atoms with E-state index in [1.54, 1.807) is 39.7 Å². The van der Waals surface area contributed by atoms with Crippen molar-refractivity contribution in [1.82, 2.24) is 0 Å². The molecule has 0 aromatic heterocycles. The summed E-state index contributed by atoms with van der Waals surface area (Å²) in [6.07, 6.45) is 10.6. The van der Waals surface area contributed by atoms with E-state index in [9.17, 15) is 0 Å². The minimum atomic E-state index is -1.08. The summed E-state index contributed by atoms with van der Waals surface area (Å²) in [5.41, 5.74) is 7.20. The van der Waals surface area contributed by atoms with Gasteiger partial charge in [-0.15, -0.1) is 0 Å². The molecule has 0 bridgehead atoms. The number of allylic oxidation sites excluding steroid dienone is 7. The predicted molar refractivity (Wildman–Crippen MR) is 144 cm³/mol. The van der Waals surface area contributed by atoms with Gasteiger partial charge < -0.3 is 24.8 Å². The second-order valence-corrected chi connectivity index (χ2v) is 18.1. The van der Waals surface area contributed by atoms with Crippen LogP contribution in [0.15, 0.2) is 80.9 Å². The molecule has 6 rings (SSSR count). The van der Waals surface area contributed by atoms with Crippen molar-refractivity contribution in [1.29, 1.82) is 0 Å². The molecule has 0 amide bonds. The van der Waals surface area contributed by atoms with E-state index < -0.39 is 8.07 Å². The Hall–Kier alpha value is -0.570. The standard InChI is InChI=1S/C19H19.C11H14SSi.2ClH.Zr/c1-19(2,3)16-12-10-15(11-13-16)18-9-5-7-14-6-4-8-17(14)18;1-4-7-11-10-8(12-7)5-6-9(10)13(11,2)3;;;/h4-13H,1-3H3;5-6,10H,4H2,1-3H3;2*1H;/q;;;;+2/p-2. The van der Waals surface area contributed by atoms with E-state index in [-0.39, 0.29) is 30.2 Å². The van der Waals surface area contributed by atoms with Crippen LogP contribution in [0.25, 0.3) is 17.2 Å². The van der Waals surface area contributed by atoms with Crippen molar-refractivity contribution >= 4 is 25.9 Å². The van der Waals surface area contributed by atoms with Gasteiger partial charge in [0.05, 0.1) is 0 Å². The minimum absolute atomic E-state index is 0. The van der Waals surface area contributed by atoms with Crippen molar-refractivity contribution in [3.63, 3.8) is 0 Å². The molecule has 2 aliphatic heterocycles. The molecular weight excluding hydrogens is 583 g/mol. The van der Waals surface area contributed by atoms with Crippen LogP contribution in [-0.2, 0) is 30.1 Å². The molecule has 0 nitrogen and oxygen atoms in total. The third-order valence-electron chi connectivity index (χ3n) is 7.56. The summed E-state index contributed by atoms with van der Waals surface area (Å²) in [6.45, 7) is 14.1. The summed E-state index contributed by atoms with van der Waals surface area (Å²) in [6, 6.07) is 15.8. The van der Waals surface area contributed by atoms with Crippen LogP contribution in [0.3, 0.4) is 0 Å². The summed E-state index contributed by atoms with van der Waals surface area (Å²) < 4.78 is 0.631. The Balaban J connectivity index is 0.000000199. The maximum Gasteiger partial charge on any atom is 0.106 e. The molecule has 181 valence electrons. The van der Waals surface area contributed by atoms with E-state index in [4.69, 9.17) is 0 Å². The summed E-state index contributed by atoms with van der Waals surface area (Å²) in [5, 5.41) is 3.64. The molecule has 2 aromatic carbocycles. The Morgan fingerprint density at radius 3 is 2.29 bits per heavy atom. The zero-order chi connectivity index (χ0) is 23.5. The molecule has 0 N–H and O–H groups in total. The van der Waals surface area contributed by atoms with Crippen LogP contribution in [0, 0.1) is 5.92 Å². The first kappa shape index (κ1) is 29.0. The smallest absolute Gasteiger partial charge is 0.106 e. The molecule has 0 radical (unpaired) electrons. The fourth-order valence-electron chi connectivity index (χ4n) is 5.62. The first-order valence-electron chi connectivity index (χ1n) is 12.1. The molecule has 0 spiro atoms. The maximum absolute atomic E-state index is 2.50. The predicted octanol–water partition coefficient (Wildman–Crippen LogP) is 2.91. The van der Waals surface area contributed by atoms with Crippen LogP contribution in [0.2, 0.25) is 13.1 Å². The van der Waals surface area contributed by atoms with Crippen LogP contribution < -0.4 is 24.8 Å². The average Bonchev–Trinajstić information content (AvgIpc) is 3.44. The van der Waals surface area contributed by atoms with Crippen molar-refractivity contribution in [3.05, 3.63) is 97.6 Å². The summed E-state index contributed by atoms with van der Waals surface area (Å²) >= 11 is 3.63. The molecule has 1 fully saturated rings. The fraction of sp³-hybridized carbons (Fsp3) is 0.333. The van der Waals surface area contributed by atoms with E-state index in [0.717, 1.165) is 5.92 Å². The Morgan fingerprint density at radius 1 is 0.971 bits per heavy atom. The van der Waals surface area contributed by atoms with Gasteiger partial charge in [-0.25, -0.2) is 0 Å². The molecule has 2 aromatic rings. The second kappa shape index (κ2) is 10.7. The van der Waals surface area contributed by atoms with E-state index in [0.29, 0.717) is 3.63 Å². The molecule has 2 heterocycles. The summed E-state index contributed by atoms with van der Waals surface area (Å²) in [7, 11) is -1.08. The molecule has 35 heavy (non-hydrogen) atoms. The van der Waals surface area contributed by atoms with Crippen LogP contribution in [-0.4, -0.2) is 8.07 Å². The molecule has 5 heteroatoms. The van der Waals surface area contributed by atoms with E-state index in [2.05, 4.69) is 119 Å². The van der Waals surface area contributed by atoms with Gasteiger partial charge in [0.25, 0.3) is 0 Å². The molecular formula is C30H33Cl2SSiZr. The Bertz CT molecular complexity index is 1250. The number of hydrogen-bond acceptors (Lipinski definition) is 1. The van der Waals surface area contributed by atoms with Crippen LogP contribution >= 0.6 is 11.8 Å². The summed E-state index contributed by atoms with van der Waals surface area (Å²) in [5.74, 6) is 0.793. The van der Waals surface area contributed by atoms with Crippen molar-refractivity contribution in [3.8, 4) is 11.1 Å². The van der Waals surface area contributed by atoms with Gasteiger partial charge in [0, 0.05) is 5.92 Å². The topological polar surface area (TPSA) is 0 Å². The first-order valence-corrected chi connectivity index (χ1v) is 17.3. The molecule has 2 aliphatic carbocycles. The zero-order valence-corrected chi connectivity index (χ0v) is 27.2. The number of thioether (sulfide) groups is 1. The van der Waals surface area contributed by atoms with E-state index in [1.165, 1.54) is 34.2 Å². The van der Waals surface area contributed by atoms with Gasteiger partial charge in [-0.05, 0) is 16.2 Å². The number of hydrogen-bond donors (Lipinski definition) is 0. The van der Waals surface area contributed by atoms with Gasteiger partial charge in [-0.1, -0.05) is 54.3 Å². The Morgan fingerprint density at radius 2 is 1.66 bits per heavy atom. The molecule has 2 unspecified atom stereocenters. The van der Waals surface area contributed by atoms with Crippen molar-refractivity contribution in [2.75, 3.05) is 0 Å². The quantitative estimate of drug-likeness (QED) is 0.469. The number of halogens is 2. The Kier molecular flexibility index (Phi) is 8.83. The third-order valence-corrected chi connectivity index (χ3v) is 14.2.